The summed E-state index contributed by atoms with van der Waals surface area (Å²) >= 11 is 3.29. The molecule has 7 heteroatoms. The van der Waals surface area contributed by atoms with E-state index in [9.17, 15) is 4.79 Å². The van der Waals surface area contributed by atoms with Gasteiger partial charge in [-0.15, -0.1) is 0 Å². The van der Waals surface area contributed by atoms with Crippen LogP contribution in [0.15, 0.2) is 29.0 Å². The highest BCUT2D eigenvalue weighted by Crippen LogP contribution is 2.20. The number of pyridine rings is 1. The van der Waals surface area contributed by atoms with Crippen molar-refractivity contribution in [3.8, 4) is 0 Å². The molecule has 2 rings (SSSR count). The SMILES string of the molecule is Cn1ncc(N)c1C(=O)Nc1ncccc1Br. The first-order valence-corrected chi connectivity index (χ1v) is 5.58. The maximum absolute atomic E-state index is 12.0. The van der Waals surface area contributed by atoms with Gasteiger partial charge in [0.2, 0.25) is 0 Å². The average molecular weight is 296 g/mol. The van der Waals surface area contributed by atoms with Crippen molar-refractivity contribution in [1.29, 1.82) is 0 Å². The van der Waals surface area contributed by atoms with Crippen LogP contribution in [0.5, 0.6) is 0 Å². The fraction of sp³-hybridized carbons (Fsp3) is 0.100. The molecule has 17 heavy (non-hydrogen) atoms. The highest BCUT2D eigenvalue weighted by molar-refractivity contribution is 9.10. The first kappa shape index (κ1) is 11.6. The first-order chi connectivity index (χ1) is 8.09. The summed E-state index contributed by atoms with van der Waals surface area (Å²) < 4.78 is 2.12. The fourth-order valence-corrected chi connectivity index (χ4v) is 1.73. The highest BCUT2D eigenvalue weighted by Gasteiger charge is 2.16. The number of anilines is 2. The van der Waals surface area contributed by atoms with Crippen LogP contribution in [0.25, 0.3) is 0 Å². The van der Waals surface area contributed by atoms with Crippen LogP contribution in [0.1, 0.15) is 10.5 Å². The van der Waals surface area contributed by atoms with Crippen LogP contribution in [-0.2, 0) is 7.05 Å². The van der Waals surface area contributed by atoms with Gasteiger partial charge in [0.15, 0.2) is 0 Å². The molecule has 88 valence electrons. The predicted octanol–water partition coefficient (Wildman–Crippen LogP) is 1.41. The molecule has 0 saturated heterocycles. The molecule has 0 saturated carbocycles. The van der Waals surface area contributed by atoms with Gasteiger partial charge in [-0.2, -0.15) is 5.10 Å². The standard InChI is InChI=1S/C10H10BrN5O/c1-16-8(7(12)5-14-16)10(17)15-9-6(11)3-2-4-13-9/h2-5H,12H2,1H3,(H,13,15,17). The van der Waals surface area contributed by atoms with Gasteiger partial charge >= 0.3 is 0 Å². The third-order valence-electron chi connectivity index (χ3n) is 2.17. The van der Waals surface area contributed by atoms with E-state index in [2.05, 4.69) is 31.3 Å². The third kappa shape index (κ3) is 2.28. The lowest BCUT2D eigenvalue weighted by atomic mass is 10.3. The molecular formula is C10H10BrN5O. The van der Waals surface area contributed by atoms with E-state index in [1.165, 1.54) is 10.9 Å². The van der Waals surface area contributed by atoms with E-state index < -0.39 is 0 Å². The van der Waals surface area contributed by atoms with Gasteiger partial charge in [-0.1, -0.05) is 0 Å². The number of nitrogens with zero attached hydrogens (tertiary/aromatic N) is 3. The number of aromatic nitrogens is 3. The number of hydrogen-bond donors (Lipinski definition) is 2. The molecule has 0 spiro atoms. The average Bonchev–Trinajstić information content (AvgIpc) is 2.62. The van der Waals surface area contributed by atoms with Gasteiger partial charge in [-0.3, -0.25) is 9.48 Å². The van der Waals surface area contributed by atoms with E-state index in [1.54, 1.807) is 25.4 Å². The lowest BCUT2D eigenvalue weighted by Crippen LogP contribution is -2.18. The molecule has 0 unspecified atom stereocenters. The molecule has 0 bridgehead atoms. The molecule has 2 aromatic rings. The summed E-state index contributed by atoms with van der Waals surface area (Å²) in [4.78, 5) is 16.0. The summed E-state index contributed by atoms with van der Waals surface area (Å²) in [7, 11) is 1.65. The number of amides is 1. The Balaban J connectivity index is 2.27. The van der Waals surface area contributed by atoms with Crippen LogP contribution in [0, 0.1) is 0 Å². The Morgan fingerprint density at radius 1 is 1.59 bits per heavy atom. The number of rotatable bonds is 2. The Kier molecular flexibility index (Phi) is 3.10. The van der Waals surface area contributed by atoms with E-state index in [0.717, 1.165) is 0 Å². The molecule has 0 atom stereocenters. The topological polar surface area (TPSA) is 85.8 Å². The summed E-state index contributed by atoms with van der Waals surface area (Å²) in [6.45, 7) is 0. The van der Waals surface area contributed by atoms with Crippen LogP contribution >= 0.6 is 15.9 Å². The Labute approximate surface area is 106 Å². The monoisotopic (exact) mass is 295 g/mol. The lowest BCUT2D eigenvalue weighted by Gasteiger charge is -2.06. The molecule has 0 aliphatic heterocycles. The molecule has 3 N–H and O–H groups in total. The molecule has 0 aliphatic rings. The Morgan fingerprint density at radius 3 is 2.94 bits per heavy atom. The van der Waals surface area contributed by atoms with Gasteiger partial charge in [-0.05, 0) is 28.1 Å². The van der Waals surface area contributed by atoms with E-state index in [4.69, 9.17) is 5.73 Å². The minimum absolute atomic E-state index is 0.308. The summed E-state index contributed by atoms with van der Waals surface area (Å²) in [6, 6.07) is 3.55. The molecule has 2 aromatic heterocycles. The quantitative estimate of drug-likeness (QED) is 0.877. The van der Waals surface area contributed by atoms with Crippen LogP contribution in [0.3, 0.4) is 0 Å². The lowest BCUT2D eigenvalue weighted by molar-refractivity contribution is 0.101. The second kappa shape index (κ2) is 4.54. The maximum Gasteiger partial charge on any atom is 0.277 e. The predicted molar refractivity (Wildman–Crippen MR) is 67.5 cm³/mol. The summed E-state index contributed by atoms with van der Waals surface area (Å²) in [5, 5.41) is 6.56. The Bertz CT molecular complexity index is 546. The first-order valence-electron chi connectivity index (χ1n) is 4.79. The summed E-state index contributed by atoms with van der Waals surface area (Å²) in [5.41, 5.74) is 6.30. The van der Waals surface area contributed by atoms with Crippen molar-refractivity contribution in [1.82, 2.24) is 14.8 Å². The van der Waals surface area contributed by atoms with Gasteiger partial charge in [0.05, 0.1) is 16.4 Å². The van der Waals surface area contributed by atoms with Crippen LogP contribution < -0.4 is 11.1 Å². The van der Waals surface area contributed by atoms with Gasteiger partial charge in [0.1, 0.15) is 11.5 Å². The van der Waals surface area contributed by atoms with Crippen molar-refractivity contribution in [3.63, 3.8) is 0 Å². The molecule has 0 aromatic carbocycles. The normalized spacial score (nSPS) is 10.2. The molecule has 0 fully saturated rings. The summed E-state index contributed by atoms with van der Waals surface area (Å²) in [6.07, 6.45) is 3.02. The van der Waals surface area contributed by atoms with Crippen LogP contribution in [0.4, 0.5) is 11.5 Å². The van der Waals surface area contributed by atoms with E-state index in [1.807, 2.05) is 0 Å². The summed E-state index contributed by atoms with van der Waals surface area (Å²) in [5.74, 6) is 0.0972. The number of nitrogen functional groups attached to an aromatic ring is 1. The van der Waals surface area contributed by atoms with E-state index in [0.29, 0.717) is 21.7 Å². The number of nitrogens with two attached hydrogens (primary N) is 1. The minimum atomic E-state index is -0.345. The zero-order valence-corrected chi connectivity index (χ0v) is 10.6. The second-order valence-electron chi connectivity index (χ2n) is 3.36. The molecule has 2 heterocycles. The van der Waals surface area contributed by atoms with Gasteiger partial charge in [0.25, 0.3) is 5.91 Å². The van der Waals surface area contributed by atoms with Crippen LogP contribution in [0.2, 0.25) is 0 Å². The number of hydrogen-bond acceptors (Lipinski definition) is 4. The second-order valence-corrected chi connectivity index (χ2v) is 4.21. The molecular weight excluding hydrogens is 286 g/mol. The van der Waals surface area contributed by atoms with Crippen molar-refractivity contribution in [2.75, 3.05) is 11.1 Å². The maximum atomic E-state index is 12.0. The number of nitrogens with one attached hydrogen (secondary N) is 1. The van der Waals surface area contributed by atoms with Crippen LogP contribution in [-0.4, -0.2) is 20.7 Å². The minimum Gasteiger partial charge on any atom is -0.396 e. The van der Waals surface area contributed by atoms with Gasteiger partial charge in [0, 0.05) is 13.2 Å². The molecule has 0 radical (unpaired) electrons. The largest absolute Gasteiger partial charge is 0.396 e. The Morgan fingerprint density at radius 2 is 2.35 bits per heavy atom. The van der Waals surface area contributed by atoms with Crippen molar-refractivity contribution >= 4 is 33.3 Å². The number of carbonyl (C=O) groups is 1. The zero-order valence-electron chi connectivity index (χ0n) is 9.01. The molecule has 0 aliphatic carbocycles. The van der Waals surface area contributed by atoms with Crippen molar-refractivity contribution in [2.45, 2.75) is 0 Å². The number of halogens is 1. The van der Waals surface area contributed by atoms with E-state index >= 15 is 0 Å². The number of aryl methyl sites for hydroxylation is 1. The Hall–Kier alpha value is -1.89. The van der Waals surface area contributed by atoms with Gasteiger partial charge < -0.3 is 11.1 Å². The van der Waals surface area contributed by atoms with Crippen molar-refractivity contribution in [2.24, 2.45) is 7.05 Å². The molecule has 1 amide bonds. The van der Waals surface area contributed by atoms with E-state index in [-0.39, 0.29) is 5.91 Å². The van der Waals surface area contributed by atoms with Crippen molar-refractivity contribution < 1.29 is 4.79 Å². The molecule has 6 nitrogen and oxygen atoms in total. The zero-order chi connectivity index (χ0) is 12.4. The smallest absolute Gasteiger partial charge is 0.277 e. The number of carbonyl (C=O) groups excluding carboxylic acids is 1. The van der Waals surface area contributed by atoms with Gasteiger partial charge in [-0.25, -0.2) is 4.98 Å². The third-order valence-corrected chi connectivity index (χ3v) is 2.81. The van der Waals surface area contributed by atoms with Crippen molar-refractivity contribution in [3.05, 3.63) is 34.7 Å². The fourth-order valence-electron chi connectivity index (χ4n) is 1.38. The highest BCUT2D eigenvalue weighted by atomic mass is 79.9.